The van der Waals surface area contributed by atoms with Gasteiger partial charge in [0.2, 0.25) is 0 Å². The van der Waals surface area contributed by atoms with Crippen LogP contribution in [0.5, 0.6) is 0 Å². The van der Waals surface area contributed by atoms with E-state index in [0.29, 0.717) is 35.6 Å². The Bertz CT molecular complexity index is 1120. The molecule has 0 aliphatic carbocycles. The minimum atomic E-state index is 0.695. The Kier molecular flexibility index (Phi) is 30.3. The fraction of sp³-hybridized carbons (Fsp3) is 0.811. The topological polar surface area (TPSA) is 16.2 Å². The van der Waals surface area contributed by atoms with E-state index in [-0.39, 0.29) is 0 Å². The van der Waals surface area contributed by atoms with Gasteiger partial charge in [-0.2, -0.15) is 0 Å². The number of rotatable bonds is 10. The first-order valence-electron chi connectivity index (χ1n) is 24.3. The van der Waals surface area contributed by atoms with E-state index in [4.69, 9.17) is 0 Å². The Morgan fingerprint density at radius 3 is 1.09 bits per heavy atom. The summed E-state index contributed by atoms with van der Waals surface area (Å²) in [6.07, 6.45) is 37.2. The smallest absolute Gasteiger partial charge is 0.0275 e. The Hall–Kier alpha value is -1.50. The number of likely N-dealkylation sites (tertiary alicyclic amines) is 5. The van der Waals surface area contributed by atoms with Gasteiger partial charge in [-0.1, -0.05) is 136 Å². The summed E-state index contributed by atoms with van der Waals surface area (Å²) in [4.78, 5) is 12.1. The molecule has 5 nitrogen and oxygen atoms in total. The van der Waals surface area contributed by atoms with Gasteiger partial charge in [0.1, 0.15) is 0 Å². The maximum absolute atomic E-state index is 2.46. The molecule has 0 aromatic heterocycles. The summed E-state index contributed by atoms with van der Waals surface area (Å²) < 4.78 is 0. The number of allylic oxidation sites excluding steroid dienone is 6. The lowest BCUT2D eigenvalue weighted by molar-refractivity contribution is 0.221. The third kappa shape index (κ3) is 28.9. The summed E-state index contributed by atoms with van der Waals surface area (Å²) in [5.41, 5.74) is 0. The molecule has 0 N–H and O–H groups in total. The molecule has 0 saturated carbocycles. The first-order valence-corrected chi connectivity index (χ1v) is 24.3. The predicted molar refractivity (Wildman–Crippen MR) is 262 cm³/mol. The average molecular weight is 808 g/mol. The van der Waals surface area contributed by atoms with Gasteiger partial charge in [-0.15, -0.1) is 0 Å². The summed E-state index contributed by atoms with van der Waals surface area (Å²) in [6, 6.07) is 1.43. The first-order chi connectivity index (χ1) is 27.4. The monoisotopic (exact) mass is 808 g/mol. The molecular weight excluding hydrogens is 707 g/mol. The van der Waals surface area contributed by atoms with Gasteiger partial charge in [-0.3, -0.25) is 9.80 Å². The van der Waals surface area contributed by atoms with Crippen LogP contribution >= 0.6 is 0 Å². The van der Waals surface area contributed by atoms with Crippen molar-refractivity contribution in [2.24, 2.45) is 47.3 Å². The van der Waals surface area contributed by atoms with Crippen molar-refractivity contribution in [1.29, 1.82) is 0 Å². The molecule has 338 valence electrons. The van der Waals surface area contributed by atoms with Gasteiger partial charge in [0, 0.05) is 25.2 Å². The standard InChI is InChI=1S/3C11H21N.2C10H19N/c1-10(2)4-5-11-6-8-12(3)9-7-11;1-10(2)6-7-11-5-4-8-12(3)9-11;1-10(2)7-8-11-6-4-5-9-12(11)3;1-9(2)4-5-10-6-7-11(3)8-10;1-9(2)6-7-10-5-4-8-11(10)3/h4-5,10-11H,6-9H2,1-3H3;6-7,10-11H,4-5,8-9H2,1-3H3;7-8,10-11H,4-6,9H2,1-3H3;4-5,9-10H,6-8H2,1-3H3;6-7,9-10H,4-5,8H2,1-3H3/b5-4+;7-6+;8-7+;5-4+;7-6+. The molecule has 4 atom stereocenters. The lowest BCUT2D eigenvalue weighted by Gasteiger charge is -2.30. The van der Waals surface area contributed by atoms with Crippen LogP contribution in [0, 0.1) is 47.3 Å². The first kappa shape index (κ1) is 54.5. The molecule has 5 rings (SSSR count). The zero-order valence-corrected chi connectivity index (χ0v) is 41.5. The van der Waals surface area contributed by atoms with Gasteiger partial charge >= 0.3 is 0 Å². The molecule has 5 fully saturated rings. The maximum Gasteiger partial charge on any atom is 0.0275 e. The zero-order valence-electron chi connectivity index (χ0n) is 41.5. The lowest BCUT2D eigenvalue weighted by atomic mass is 9.95. The van der Waals surface area contributed by atoms with E-state index in [9.17, 15) is 0 Å². The fourth-order valence-electron chi connectivity index (χ4n) is 8.07. The Balaban J connectivity index is 0.000000363. The van der Waals surface area contributed by atoms with E-state index in [1.807, 2.05) is 0 Å². The zero-order chi connectivity index (χ0) is 43.5. The van der Waals surface area contributed by atoms with Crippen LogP contribution in [0.2, 0.25) is 0 Å². The van der Waals surface area contributed by atoms with Crippen molar-refractivity contribution in [2.45, 2.75) is 146 Å². The number of nitrogens with zero attached hydrogens (tertiary/aromatic N) is 5. The third-order valence-electron chi connectivity index (χ3n) is 12.0. The third-order valence-corrected chi connectivity index (χ3v) is 12.0. The van der Waals surface area contributed by atoms with Crippen molar-refractivity contribution in [3.05, 3.63) is 60.8 Å². The molecule has 0 spiro atoms. The molecule has 5 saturated heterocycles. The fourth-order valence-corrected chi connectivity index (χ4v) is 8.07. The molecule has 4 unspecified atom stereocenters. The van der Waals surface area contributed by atoms with E-state index in [1.165, 1.54) is 117 Å². The minimum Gasteiger partial charge on any atom is -0.306 e. The highest BCUT2D eigenvalue weighted by molar-refractivity contribution is 4.99. The Morgan fingerprint density at radius 1 is 0.328 bits per heavy atom. The number of likely N-dealkylation sites (N-methyl/N-ethyl adjacent to an activating group) is 2. The van der Waals surface area contributed by atoms with Crippen molar-refractivity contribution in [1.82, 2.24) is 24.5 Å². The van der Waals surface area contributed by atoms with Gasteiger partial charge in [-0.25, -0.2) is 0 Å². The molecular formula is C53H101N5. The summed E-state index contributed by atoms with van der Waals surface area (Å²) in [6.45, 7) is 32.5. The normalized spacial score (nSPS) is 26.3. The highest BCUT2D eigenvalue weighted by Gasteiger charge is 2.19. The SMILES string of the molecule is CC(C)/C=C/C1CCCCN1C.CC(C)/C=C/C1CCCN(C)C1.CC(C)/C=C/C1CCCN1C.CC(C)/C=C/C1CCN(C)C1.CC(C)/C=C/C1CCN(C)CC1. The van der Waals surface area contributed by atoms with Gasteiger partial charge in [0.05, 0.1) is 0 Å². The lowest BCUT2D eigenvalue weighted by Crippen LogP contribution is -2.34. The van der Waals surface area contributed by atoms with Crippen molar-refractivity contribution < 1.29 is 0 Å². The van der Waals surface area contributed by atoms with Gasteiger partial charge in [0.15, 0.2) is 0 Å². The van der Waals surface area contributed by atoms with E-state index in [2.05, 4.69) is 190 Å². The highest BCUT2D eigenvalue weighted by atomic mass is 15.1. The molecule has 0 bridgehead atoms. The molecule has 58 heavy (non-hydrogen) atoms. The van der Waals surface area contributed by atoms with E-state index in [0.717, 1.165) is 23.8 Å². The number of hydrogen-bond acceptors (Lipinski definition) is 5. The largest absolute Gasteiger partial charge is 0.306 e. The van der Waals surface area contributed by atoms with Crippen molar-refractivity contribution >= 4 is 0 Å². The summed E-state index contributed by atoms with van der Waals surface area (Å²) in [5, 5.41) is 0. The summed E-state index contributed by atoms with van der Waals surface area (Å²) in [5.74, 6) is 6.00. The van der Waals surface area contributed by atoms with Crippen molar-refractivity contribution in [2.75, 3.05) is 87.6 Å². The van der Waals surface area contributed by atoms with Crippen LogP contribution in [0.15, 0.2) is 60.8 Å². The van der Waals surface area contributed by atoms with Crippen LogP contribution in [-0.2, 0) is 0 Å². The molecule has 5 heteroatoms. The van der Waals surface area contributed by atoms with Crippen LogP contribution in [0.25, 0.3) is 0 Å². The Morgan fingerprint density at radius 2 is 0.672 bits per heavy atom. The van der Waals surface area contributed by atoms with Crippen LogP contribution < -0.4 is 0 Å². The maximum atomic E-state index is 2.46. The van der Waals surface area contributed by atoms with Gasteiger partial charge < -0.3 is 14.7 Å². The van der Waals surface area contributed by atoms with Gasteiger partial charge in [-0.05, 0) is 180 Å². The molecule has 0 amide bonds. The van der Waals surface area contributed by atoms with E-state index in [1.54, 1.807) is 0 Å². The van der Waals surface area contributed by atoms with Gasteiger partial charge in [0.25, 0.3) is 0 Å². The van der Waals surface area contributed by atoms with Crippen LogP contribution in [0.1, 0.15) is 133 Å². The number of piperidine rings is 3. The molecule has 0 aromatic rings. The molecule has 5 heterocycles. The second-order valence-electron chi connectivity index (χ2n) is 20.5. The highest BCUT2D eigenvalue weighted by Crippen LogP contribution is 2.20. The number of hydrogen-bond donors (Lipinski definition) is 0. The Labute approximate surface area is 364 Å². The second-order valence-corrected chi connectivity index (χ2v) is 20.5. The quantitative estimate of drug-likeness (QED) is 0.204. The summed E-state index contributed by atoms with van der Waals surface area (Å²) >= 11 is 0. The molecule has 5 aliphatic heterocycles. The molecule has 0 radical (unpaired) electrons. The van der Waals surface area contributed by atoms with E-state index < -0.39 is 0 Å². The molecule has 0 aromatic carbocycles. The minimum absolute atomic E-state index is 0.695. The van der Waals surface area contributed by atoms with Crippen molar-refractivity contribution in [3.8, 4) is 0 Å². The summed E-state index contributed by atoms with van der Waals surface area (Å²) in [7, 11) is 11.1. The average Bonchev–Trinajstić information content (AvgIpc) is 3.79. The second kappa shape index (κ2) is 32.2. The predicted octanol–water partition coefficient (Wildman–Crippen LogP) is 12.2. The molecule has 5 aliphatic rings. The van der Waals surface area contributed by atoms with Crippen LogP contribution in [0.3, 0.4) is 0 Å². The van der Waals surface area contributed by atoms with Crippen LogP contribution in [0.4, 0.5) is 0 Å². The van der Waals surface area contributed by atoms with Crippen LogP contribution in [-0.4, -0.2) is 124 Å². The van der Waals surface area contributed by atoms with E-state index >= 15 is 0 Å². The van der Waals surface area contributed by atoms with Crippen molar-refractivity contribution in [3.63, 3.8) is 0 Å².